The summed E-state index contributed by atoms with van der Waals surface area (Å²) in [5.74, 6) is -0.780. The highest BCUT2D eigenvalue weighted by molar-refractivity contribution is 6.03. The molecule has 0 radical (unpaired) electrons. The highest BCUT2D eigenvalue weighted by Crippen LogP contribution is 2.36. The summed E-state index contributed by atoms with van der Waals surface area (Å²) in [4.78, 5) is 19.5. The van der Waals surface area contributed by atoms with Gasteiger partial charge in [0.05, 0.1) is 23.1 Å². The van der Waals surface area contributed by atoms with Crippen molar-refractivity contribution in [2.24, 2.45) is 0 Å². The molecule has 0 saturated carbocycles. The number of nitrogens with zero attached hydrogens (tertiary/aromatic N) is 2. The van der Waals surface area contributed by atoms with Crippen molar-refractivity contribution < 1.29 is 18.0 Å². The maximum Gasteiger partial charge on any atom is 0.418 e. The zero-order valence-electron chi connectivity index (χ0n) is 10.9. The number of nitrogens with one attached hydrogen (secondary N) is 1. The molecule has 3 N–H and O–H groups in total. The van der Waals surface area contributed by atoms with Gasteiger partial charge in [-0.05, 0) is 25.1 Å². The second kappa shape index (κ2) is 5.39. The third-order valence-electron chi connectivity index (χ3n) is 2.61. The summed E-state index contributed by atoms with van der Waals surface area (Å²) in [6, 6.07) is 3.12. The summed E-state index contributed by atoms with van der Waals surface area (Å²) in [6.07, 6.45) is -2.09. The summed E-state index contributed by atoms with van der Waals surface area (Å²) >= 11 is 0. The van der Waals surface area contributed by atoms with E-state index in [2.05, 4.69) is 15.3 Å². The van der Waals surface area contributed by atoms with Crippen LogP contribution in [0.3, 0.4) is 0 Å². The van der Waals surface area contributed by atoms with Crippen molar-refractivity contribution in [3.8, 4) is 0 Å². The molecule has 2 aromatic rings. The van der Waals surface area contributed by atoms with Gasteiger partial charge in [0.25, 0.3) is 5.91 Å². The standard InChI is InChI=1S/C13H11F3N4O/c1-7-5-19-11(6-18-7)12(21)20-10-3-2-8(17)4-9(10)13(14,15)16/h2-6H,17H2,1H3,(H,20,21). The van der Waals surface area contributed by atoms with Gasteiger partial charge in [0, 0.05) is 11.9 Å². The fourth-order valence-electron chi connectivity index (χ4n) is 1.60. The molecule has 21 heavy (non-hydrogen) atoms. The third-order valence-corrected chi connectivity index (χ3v) is 2.61. The number of nitrogen functional groups attached to an aromatic ring is 1. The Balaban J connectivity index is 2.31. The van der Waals surface area contributed by atoms with Crippen LogP contribution in [-0.4, -0.2) is 15.9 Å². The molecule has 0 fully saturated rings. The first kappa shape index (κ1) is 14.8. The molecule has 0 bridgehead atoms. The highest BCUT2D eigenvalue weighted by Gasteiger charge is 2.34. The number of alkyl halides is 3. The van der Waals surface area contributed by atoms with Gasteiger partial charge in [0.2, 0.25) is 0 Å². The number of benzene rings is 1. The number of hydrogen-bond acceptors (Lipinski definition) is 4. The van der Waals surface area contributed by atoms with E-state index in [1.165, 1.54) is 18.5 Å². The second-order valence-corrected chi connectivity index (χ2v) is 4.30. The summed E-state index contributed by atoms with van der Waals surface area (Å²) < 4.78 is 38.7. The molecule has 1 amide bonds. The topological polar surface area (TPSA) is 80.9 Å². The van der Waals surface area contributed by atoms with Crippen LogP contribution < -0.4 is 11.1 Å². The van der Waals surface area contributed by atoms with E-state index in [-0.39, 0.29) is 17.1 Å². The van der Waals surface area contributed by atoms with Gasteiger partial charge in [-0.2, -0.15) is 13.2 Å². The number of amides is 1. The van der Waals surface area contributed by atoms with Crippen molar-refractivity contribution in [1.29, 1.82) is 0 Å². The lowest BCUT2D eigenvalue weighted by atomic mass is 10.1. The zero-order valence-corrected chi connectivity index (χ0v) is 10.9. The molecule has 8 heteroatoms. The van der Waals surface area contributed by atoms with Crippen molar-refractivity contribution in [1.82, 2.24) is 9.97 Å². The van der Waals surface area contributed by atoms with Gasteiger partial charge >= 0.3 is 6.18 Å². The Labute approximate surface area is 118 Å². The monoisotopic (exact) mass is 296 g/mol. The molecule has 2 rings (SSSR count). The van der Waals surface area contributed by atoms with E-state index in [1.807, 2.05) is 0 Å². The van der Waals surface area contributed by atoms with Gasteiger partial charge in [0.15, 0.2) is 0 Å². The normalized spacial score (nSPS) is 11.2. The van der Waals surface area contributed by atoms with Gasteiger partial charge in [-0.1, -0.05) is 0 Å². The van der Waals surface area contributed by atoms with Gasteiger partial charge in [0.1, 0.15) is 5.69 Å². The number of rotatable bonds is 2. The quantitative estimate of drug-likeness (QED) is 0.835. The van der Waals surface area contributed by atoms with E-state index in [4.69, 9.17) is 5.73 Å². The van der Waals surface area contributed by atoms with E-state index in [0.29, 0.717) is 5.69 Å². The summed E-state index contributed by atoms with van der Waals surface area (Å²) in [6.45, 7) is 1.68. The van der Waals surface area contributed by atoms with Crippen molar-refractivity contribution in [3.05, 3.63) is 47.5 Å². The second-order valence-electron chi connectivity index (χ2n) is 4.30. The van der Waals surface area contributed by atoms with E-state index in [1.54, 1.807) is 6.92 Å². The number of anilines is 2. The average Bonchev–Trinajstić information content (AvgIpc) is 2.40. The molecule has 1 aromatic carbocycles. The predicted molar refractivity (Wildman–Crippen MR) is 70.6 cm³/mol. The SMILES string of the molecule is Cc1cnc(C(=O)Nc2ccc(N)cc2C(F)(F)F)cn1. The maximum atomic E-state index is 12.9. The lowest BCUT2D eigenvalue weighted by Crippen LogP contribution is -2.18. The summed E-state index contributed by atoms with van der Waals surface area (Å²) in [5, 5.41) is 2.16. The number of aryl methyl sites for hydroxylation is 1. The Kier molecular flexibility index (Phi) is 3.79. The fraction of sp³-hybridized carbons (Fsp3) is 0.154. The first-order valence-electron chi connectivity index (χ1n) is 5.84. The van der Waals surface area contributed by atoms with E-state index < -0.39 is 17.6 Å². The first-order valence-corrected chi connectivity index (χ1v) is 5.84. The molecule has 0 aliphatic heterocycles. The Hall–Kier alpha value is -2.64. The minimum Gasteiger partial charge on any atom is -0.399 e. The van der Waals surface area contributed by atoms with E-state index >= 15 is 0 Å². The van der Waals surface area contributed by atoms with Crippen molar-refractivity contribution in [2.45, 2.75) is 13.1 Å². The predicted octanol–water partition coefficient (Wildman–Crippen LogP) is 2.64. The van der Waals surface area contributed by atoms with Crippen LogP contribution in [0, 0.1) is 6.92 Å². The Morgan fingerprint density at radius 3 is 2.52 bits per heavy atom. The molecule has 1 heterocycles. The summed E-state index contributed by atoms with van der Waals surface area (Å²) in [7, 11) is 0. The van der Waals surface area contributed by atoms with Gasteiger partial charge in [-0.3, -0.25) is 9.78 Å². The fourth-order valence-corrected chi connectivity index (χ4v) is 1.60. The Bertz CT molecular complexity index is 668. The van der Waals surface area contributed by atoms with Crippen LogP contribution in [0.1, 0.15) is 21.7 Å². The lowest BCUT2D eigenvalue weighted by molar-refractivity contribution is -0.136. The Morgan fingerprint density at radius 1 is 1.24 bits per heavy atom. The Morgan fingerprint density at radius 2 is 1.95 bits per heavy atom. The minimum absolute atomic E-state index is 0.0459. The summed E-state index contributed by atoms with van der Waals surface area (Å²) in [5.41, 5.74) is 4.41. The molecule has 0 aliphatic rings. The van der Waals surface area contributed by atoms with Crippen LogP contribution in [0.15, 0.2) is 30.6 Å². The van der Waals surface area contributed by atoms with Gasteiger partial charge in [-0.25, -0.2) is 4.98 Å². The number of nitrogens with two attached hydrogens (primary N) is 1. The first-order chi connectivity index (χ1) is 9.77. The van der Waals surface area contributed by atoms with Crippen LogP contribution in [-0.2, 0) is 6.18 Å². The number of carbonyl (C=O) groups excluding carboxylic acids is 1. The largest absolute Gasteiger partial charge is 0.418 e. The molecular formula is C13H11F3N4O. The highest BCUT2D eigenvalue weighted by atomic mass is 19.4. The maximum absolute atomic E-state index is 12.9. The van der Waals surface area contributed by atoms with Crippen LogP contribution >= 0.6 is 0 Å². The number of hydrogen-bond donors (Lipinski definition) is 2. The van der Waals surface area contributed by atoms with Crippen LogP contribution in [0.25, 0.3) is 0 Å². The average molecular weight is 296 g/mol. The zero-order chi connectivity index (χ0) is 15.6. The van der Waals surface area contributed by atoms with Crippen LogP contribution in [0.5, 0.6) is 0 Å². The molecule has 5 nitrogen and oxygen atoms in total. The van der Waals surface area contributed by atoms with Crippen molar-refractivity contribution >= 4 is 17.3 Å². The molecule has 0 saturated heterocycles. The minimum atomic E-state index is -4.63. The van der Waals surface area contributed by atoms with Crippen molar-refractivity contribution in [3.63, 3.8) is 0 Å². The smallest absolute Gasteiger partial charge is 0.399 e. The van der Waals surface area contributed by atoms with Gasteiger partial charge in [-0.15, -0.1) is 0 Å². The van der Waals surface area contributed by atoms with E-state index in [0.717, 1.165) is 12.1 Å². The molecule has 1 aromatic heterocycles. The molecule has 0 spiro atoms. The number of halogens is 3. The van der Waals surface area contributed by atoms with E-state index in [9.17, 15) is 18.0 Å². The number of carbonyl (C=O) groups is 1. The molecule has 0 unspecified atom stereocenters. The number of aromatic nitrogens is 2. The third kappa shape index (κ3) is 3.47. The molecule has 110 valence electrons. The van der Waals surface area contributed by atoms with Gasteiger partial charge < -0.3 is 11.1 Å². The molecular weight excluding hydrogens is 285 g/mol. The molecule has 0 atom stereocenters. The molecule has 0 aliphatic carbocycles. The van der Waals surface area contributed by atoms with Crippen LogP contribution in [0.2, 0.25) is 0 Å². The van der Waals surface area contributed by atoms with Crippen molar-refractivity contribution in [2.75, 3.05) is 11.1 Å². The lowest BCUT2D eigenvalue weighted by Gasteiger charge is -2.14. The van der Waals surface area contributed by atoms with Crippen LogP contribution in [0.4, 0.5) is 24.5 Å².